The van der Waals surface area contributed by atoms with E-state index in [0.29, 0.717) is 34.1 Å². The maximum atomic E-state index is 14.1. The number of rotatable bonds is 12. The van der Waals surface area contributed by atoms with Gasteiger partial charge in [-0.25, -0.2) is 4.98 Å². The molecule has 0 saturated heterocycles. The molecule has 0 radical (unpaired) electrons. The molecule has 0 fully saturated rings. The van der Waals surface area contributed by atoms with Crippen molar-refractivity contribution in [3.05, 3.63) is 77.2 Å². The summed E-state index contributed by atoms with van der Waals surface area (Å²) in [7, 11) is -2.95. The van der Waals surface area contributed by atoms with Crippen LogP contribution in [0.2, 0.25) is 0 Å². The van der Waals surface area contributed by atoms with Crippen molar-refractivity contribution in [2.24, 2.45) is 0 Å². The average molecular weight is 690 g/mol. The van der Waals surface area contributed by atoms with E-state index < -0.39 is 48.9 Å². The maximum absolute atomic E-state index is 14.1. The molecule has 2 aromatic heterocycles. The predicted molar refractivity (Wildman–Crippen MR) is 171 cm³/mol. The topological polar surface area (TPSA) is 186 Å². The highest BCUT2D eigenvalue weighted by molar-refractivity contribution is 7.53. The Labute approximate surface area is 273 Å². The van der Waals surface area contributed by atoms with E-state index in [1.807, 2.05) is 0 Å². The minimum atomic E-state index is -4.84. The summed E-state index contributed by atoms with van der Waals surface area (Å²) in [6, 6.07) is 9.29. The summed E-state index contributed by atoms with van der Waals surface area (Å²) in [5.74, 6) is -1.21. The molecule has 3 heterocycles. The van der Waals surface area contributed by atoms with E-state index in [-0.39, 0.29) is 43.1 Å². The molecule has 4 aromatic rings. The second-order valence-electron chi connectivity index (χ2n) is 11.5. The quantitative estimate of drug-likeness (QED) is 0.110. The highest BCUT2D eigenvalue weighted by Gasteiger charge is 2.45. The van der Waals surface area contributed by atoms with Crippen molar-refractivity contribution in [1.82, 2.24) is 24.6 Å². The number of hydrogen-bond donors (Lipinski definition) is 6. The third-order valence-electron chi connectivity index (χ3n) is 8.57. The number of aliphatic hydroxyl groups is 2. The second kappa shape index (κ2) is 13.3. The Hall–Kier alpha value is -4.34. The van der Waals surface area contributed by atoms with Gasteiger partial charge in [0.05, 0.1) is 41.9 Å². The minimum Gasteiger partial charge on any atom is -0.394 e. The Morgan fingerprint density at radius 3 is 2.33 bits per heavy atom. The molecular formula is C31H35F3N7O6P. The highest BCUT2D eigenvalue weighted by Crippen LogP contribution is 2.61. The zero-order valence-electron chi connectivity index (χ0n) is 26.2. The van der Waals surface area contributed by atoms with Crippen LogP contribution in [0, 0.1) is 0 Å². The molecule has 17 heteroatoms. The number of aromatic nitrogens is 4. The van der Waals surface area contributed by atoms with E-state index in [1.54, 1.807) is 45.3 Å². The van der Waals surface area contributed by atoms with E-state index in [0.717, 1.165) is 0 Å². The summed E-state index contributed by atoms with van der Waals surface area (Å²) in [5.41, 5.74) is 1.67. The number of alkyl halides is 3. The minimum absolute atomic E-state index is 0.0390. The number of carbonyl (C=O) groups is 1. The number of anilines is 4. The first-order valence-electron chi connectivity index (χ1n) is 15.0. The third-order valence-corrected chi connectivity index (χ3v) is 10.6. The fourth-order valence-electron chi connectivity index (χ4n) is 5.91. The van der Waals surface area contributed by atoms with Crippen LogP contribution in [0.1, 0.15) is 53.7 Å². The summed E-state index contributed by atoms with van der Waals surface area (Å²) in [6.45, 7) is 3.15. The number of carbonyl (C=O) groups excluding carboxylic acids is 1. The van der Waals surface area contributed by atoms with E-state index >= 15 is 0 Å². The molecule has 0 bridgehead atoms. The third kappa shape index (κ3) is 6.66. The van der Waals surface area contributed by atoms with Crippen LogP contribution >= 0.6 is 7.60 Å². The van der Waals surface area contributed by atoms with Crippen LogP contribution < -0.4 is 10.6 Å². The molecule has 0 saturated carbocycles. The van der Waals surface area contributed by atoms with Crippen molar-refractivity contribution in [1.29, 1.82) is 0 Å². The van der Waals surface area contributed by atoms with Crippen molar-refractivity contribution in [2.75, 3.05) is 24.3 Å². The van der Waals surface area contributed by atoms with Crippen LogP contribution in [0.25, 0.3) is 11.1 Å². The monoisotopic (exact) mass is 689 g/mol. The molecule has 0 unspecified atom stereocenters. The molecule has 1 aliphatic rings. The fourth-order valence-corrected chi connectivity index (χ4v) is 7.22. The Balaban J connectivity index is 1.48. The number of fused-ring (bicyclic) bond motifs is 1. The molecule has 6 N–H and O–H groups in total. The number of hydrogen-bond acceptors (Lipinski definition) is 9. The van der Waals surface area contributed by atoms with Gasteiger partial charge in [-0.3, -0.25) is 14.0 Å². The molecule has 256 valence electrons. The van der Waals surface area contributed by atoms with Crippen molar-refractivity contribution in [3.8, 4) is 11.1 Å². The Bertz CT molecular complexity index is 1860. The van der Waals surface area contributed by atoms with E-state index in [1.165, 1.54) is 34.0 Å². The summed E-state index contributed by atoms with van der Waals surface area (Å²) >= 11 is 0. The van der Waals surface area contributed by atoms with Gasteiger partial charge in [0.15, 0.2) is 0 Å². The lowest BCUT2D eigenvalue weighted by molar-refractivity contribution is -0.137. The molecule has 1 aliphatic heterocycles. The number of aliphatic hydroxyl groups excluding tert-OH is 2. The second-order valence-corrected chi connectivity index (χ2v) is 13.5. The van der Waals surface area contributed by atoms with E-state index in [4.69, 9.17) is 5.11 Å². The van der Waals surface area contributed by atoms with Crippen molar-refractivity contribution in [2.45, 2.75) is 57.2 Å². The van der Waals surface area contributed by atoms with Gasteiger partial charge in [0.1, 0.15) is 11.4 Å². The average Bonchev–Trinajstić information content (AvgIpc) is 3.61. The molecule has 0 aliphatic carbocycles. The van der Waals surface area contributed by atoms with Gasteiger partial charge in [-0.2, -0.15) is 23.3 Å². The van der Waals surface area contributed by atoms with Gasteiger partial charge < -0.3 is 35.5 Å². The molecule has 13 nitrogen and oxygen atoms in total. The van der Waals surface area contributed by atoms with Crippen LogP contribution in [-0.2, 0) is 29.0 Å². The van der Waals surface area contributed by atoms with Gasteiger partial charge in [0, 0.05) is 37.2 Å². The molecule has 48 heavy (non-hydrogen) atoms. The first-order chi connectivity index (χ1) is 22.6. The number of halogens is 3. The lowest BCUT2D eigenvalue weighted by atomic mass is 9.92. The molecule has 0 spiro atoms. The van der Waals surface area contributed by atoms with Crippen LogP contribution in [0.5, 0.6) is 0 Å². The van der Waals surface area contributed by atoms with E-state index in [2.05, 4.69) is 25.7 Å². The Kier molecular flexibility index (Phi) is 9.68. The lowest BCUT2D eigenvalue weighted by Crippen LogP contribution is -2.24. The maximum Gasteiger partial charge on any atom is 0.421 e. The van der Waals surface area contributed by atoms with Gasteiger partial charge in [0.25, 0.3) is 5.91 Å². The standard InChI is InChI=1S/C31H35F3N7O6P/c1-4-30(5-2,48(45,46)47)19-6-8-20(9-7-19)37-29-35-13-24(31(32,33)34)27(39-29)38-25-11-10-22(23-16-40(3)28(44)26(23)25)18-12-36-41(14-18)15-21(43)17-42/h6-14,21,42-43H,4-5,15-17H2,1-3H3,(H2,45,46,47)(H2,35,37,38,39)/t21-/m0/s1. The summed E-state index contributed by atoms with van der Waals surface area (Å²) in [4.78, 5) is 42.8. The first kappa shape index (κ1) is 35.0. The first-order valence-corrected chi connectivity index (χ1v) is 16.6. The van der Waals surface area contributed by atoms with Crippen molar-refractivity contribution >= 4 is 36.6 Å². The normalized spacial score (nSPS) is 14.3. The SMILES string of the molecule is CCC(CC)(c1ccc(Nc2ncc(C(F)(F)F)c(Nc3ccc(-c4cnn(C[C@H](O)CO)c4)c4c3C(=O)N(C)C4)n2)cc1)P(=O)(O)O. The van der Waals surface area contributed by atoms with Crippen molar-refractivity contribution in [3.63, 3.8) is 0 Å². The largest absolute Gasteiger partial charge is 0.421 e. The summed E-state index contributed by atoms with van der Waals surface area (Å²) < 4.78 is 56.2. The summed E-state index contributed by atoms with van der Waals surface area (Å²) in [5, 5.41) is 27.3. The van der Waals surface area contributed by atoms with Crippen LogP contribution in [0.15, 0.2) is 55.0 Å². The Morgan fingerprint density at radius 1 is 1.04 bits per heavy atom. The van der Waals surface area contributed by atoms with Crippen LogP contribution in [0.3, 0.4) is 0 Å². The smallest absolute Gasteiger partial charge is 0.394 e. The van der Waals surface area contributed by atoms with Gasteiger partial charge >= 0.3 is 13.8 Å². The number of nitrogens with zero attached hydrogens (tertiary/aromatic N) is 5. The number of nitrogens with one attached hydrogen (secondary N) is 2. The molecule has 2 aromatic carbocycles. The lowest BCUT2D eigenvalue weighted by Gasteiger charge is -2.33. The zero-order chi connectivity index (χ0) is 35.0. The predicted octanol–water partition coefficient (Wildman–Crippen LogP) is 4.98. The van der Waals surface area contributed by atoms with E-state index in [9.17, 15) is 37.4 Å². The van der Waals surface area contributed by atoms with Crippen molar-refractivity contribution < 1.29 is 42.5 Å². The Morgan fingerprint density at radius 2 is 1.73 bits per heavy atom. The van der Waals surface area contributed by atoms with Gasteiger partial charge in [-0.15, -0.1) is 0 Å². The van der Waals surface area contributed by atoms with Gasteiger partial charge in [-0.1, -0.05) is 32.0 Å². The van der Waals surface area contributed by atoms with Crippen LogP contribution in [-0.4, -0.2) is 70.3 Å². The molecule has 1 amide bonds. The fraction of sp³-hybridized carbons (Fsp3) is 0.355. The zero-order valence-corrected chi connectivity index (χ0v) is 27.1. The van der Waals surface area contributed by atoms with Crippen LogP contribution in [0.4, 0.5) is 36.3 Å². The number of amides is 1. The molecule has 5 rings (SSSR count). The molecular weight excluding hydrogens is 654 g/mol. The summed E-state index contributed by atoms with van der Waals surface area (Å²) in [6.07, 6.45) is -1.69. The molecule has 1 atom stereocenters. The number of benzene rings is 2. The highest BCUT2D eigenvalue weighted by atomic mass is 31.2. The van der Waals surface area contributed by atoms with Gasteiger partial charge in [-0.05, 0) is 47.7 Å². The van der Waals surface area contributed by atoms with Gasteiger partial charge in [0.2, 0.25) is 5.95 Å².